The molecule has 0 aliphatic rings. The van der Waals surface area contributed by atoms with Gasteiger partial charge in [-0.2, -0.15) is 0 Å². The Morgan fingerprint density at radius 3 is 2.73 bits per heavy atom. The van der Waals surface area contributed by atoms with E-state index in [0.29, 0.717) is 0 Å². The predicted molar refractivity (Wildman–Crippen MR) is 60.5 cm³/mol. The summed E-state index contributed by atoms with van der Waals surface area (Å²) in [5, 5.41) is 11.1. The first-order chi connectivity index (χ1) is 7.24. The van der Waals surface area contributed by atoms with Crippen LogP contribution in [0, 0.1) is 0 Å². The molecule has 4 nitrogen and oxygen atoms in total. The van der Waals surface area contributed by atoms with Gasteiger partial charge >= 0.3 is 6.03 Å². The molecule has 0 fully saturated rings. The number of nitrogens with zero attached hydrogens (tertiary/aromatic N) is 1. The van der Waals surface area contributed by atoms with Gasteiger partial charge in [-0.15, -0.1) is 0 Å². The first kappa shape index (κ1) is 11.9. The molecule has 0 aliphatic heterocycles. The van der Waals surface area contributed by atoms with Crippen LogP contribution in [0.2, 0.25) is 0 Å². The molecule has 5 heteroatoms. The standard InChI is InChI=1S/C10H14N2O2S/c1-12(10(14)11-7-8-13)15-9-5-3-2-4-6-9/h2-6,13H,7-8H2,1H3,(H,11,14). The smallest absolute Gasteiger partial charge is 0.327 e. The quantitative estimate of drug-likeness (QED) is 0.761. The fourth-order valence-electron chi connectivity index (χ4n) is 0.955. The number of aliphatic hydroxyl groups is 1. The third-order valence-corrected chi connectivity index (χ3v) is 2.58. The molecule has 0 aromatic heterocycles. The number of urea groups is 1. The molecule has 1 rings (SSSR count). The molecule has 0 spiro atoms. The highest BCUT2D eigenvalue weighted by Gasteiger charge is 2.08. The number of hydrogen-bond acceptors (Lipinski definition) is 3. The number of rotatable bonds is 4. The van der Waals surface area contributed by atoms with Gasteiger partial charge in [0.2, 0.25) is 0 Å². The number of amides is 2. The summed E-state index contributed by atoms with van der Waals surface area (Å²) in [6.07, 6.45) is 0. The van der Waals surface area contributed by atoms with E-state index in [1.54, 1.807) is 7.05 Å². The second kappa shape index (κ2) is 6.31. The summed E-state index contributed by atoms with van der Waals surface area (Å²) in [6, 6.07) is 9.42. The summed E-state index contributed by atoms with van der Waals surface area (Å²) >= 11 is 1.34. The number of aliphatic hydroxyl groups excluding tert-OH is 1. The van der Waals surface area contributed by atoms with Crippen molar-refractivity contribution in [2.45, 2.75) is 4.90 Å². The predicted octanol–water partition coefficient (Wildman–Crippen LogP) is 1.33. The normalized spacial score (nSPS) is 9.73. The van der Waals surface area contributed by atoms with Crippen molar-refractivity contribution in [2.24, 2.45) is 0 Å². The molecular formula is C10H14N2O2S. The van der Waals surface area contributed by atoms with Crippen molar-refractivity contribution in [1.82, 2.24) is 9.62 Å². The summed E-state index contributed by atoms with van der Waals surface area (Å²) in [5.41, 5.74) is 0. The van der Waals surface area contributed by atoms with E-state index in [-0.39, 0.29) is 19.2 Å². The van der Waals surface area contributed by atoms with Crippen LogP contribution in [0.5, 0.6) is 0 Å². The average molecular weight is 226 g/mol. The number of benzene rings is 1. The molecule has 82 valence electrons. The zero-order chi connectivity index (χ0) is 11.1. The number of carbonyl (C=O) groups excluding carboxylic acids is 1. The van der Waals surface area contributed by atoms with E-state index in [0.717, 1.165) is 4.90 Å². The summed E-state index contributed by atoms with van der Waals surface area (Å²) in [4.78, 5) is 12.4. The topological polar surface area (TPSA) is 52.6 Å². The van der Waals surface area contributed by atoms with Gasteiger partial charge in [-0.25, -0.2) is 4.79 Å². The zero-order valence-electron chi connectivity index (χ0n) is 8.51. The minimum atomic E-state index is -0.210. The molecule has 1 aromatic carbocycles. The maximum Gasteiger partial charge on any atom is 0.327 e. The fraction of sp³-hybridized carbons (Fsp3) is 0.300. The van der Waals surface area contributed by atoms with Gasteiger partial charge < -0.3 is 10.4 Å². The Balaban J connectivity index is 2.41. The first-order valence-corrected chi connectivity index (χ1v) is 5.37. The van der Waals surface area contributed by atoms with Crippen LogP contribution in [0.1, 0.15) is 0 Å². The third-order valence-electron chi connectivity index (χ3n) is 1.66. The van der Waals surface area contributed by atoms with E-state index >= 15 is 0 Å². The van der Waals surface area contributed by atoms with Gasteiger partial charge in [0.15, 0.2) is 0 Å². The van der Waals surface area contributed by atoms with Crippen LogP contribution < -0.4 is 5.32 Å². The van der Waals surface area contributed by atoms with Crippen LogP contribution in [0.4, 0.5) is 4.79 Å². The Bertz CT molecular complexity index is 306. The molecule has 1 aromatic rings. The van der Waals surface area contributed by atoms with Gasteiger partial charge in [-0.05, 0) is 24.1 Å². The van der Waals surface area contributed by atoms with Gasteiger partial charge in [0.1, 0.15) is 0 Å². The first-order valence-electron chi connectivity index (χ1n) is 4.59. The molecular weight excluding hydrogens is 212 g/mol. The van der Waals surface area contributed by atoms with Crippen molar-refractivity contribution in [3.8, 4) is 0 Å². The second-order valence-electron chi connectivity index (χ2n) is 2.86. The van der Waals surface area contributed by atoms with E-state index in [1.165, 1.54) is 16.3 Å². The molecule has 2 amide bonds. The van der Waals surface area contributed by atoms with Crippen LogP contribution in [0.25, 0.3) is 0 Å². The van der Waals surface area contributed by atoms with Crippen molar-refractivity contribution in [2.75, 3.05) is 20.2 Å². The van der Waals surface area contributed by atoms with E-state index in [4.69, 9.17) is 5.11 Å². The molecule has 0 radical (unpaired) electrons. The van der Waals surface area contributed by atoms with E-state index in [1.807, 2.05) is 30.3 Å². The highest BCUT2D eigenvalue weighted by atomic mass is 32.2. The summed E-state index contributed by atoms with van der Waals surface area (Å²) < 4.78 is 1.49. The summed E-state index contributed by atoms with van der Waals surface area (Å²) in [7, 11) is 1.68. The van der Waals surface area contributed by atoms with Crippen molar-refractivity contribution in [1.29, 1.82) is 0 Å². The molecule has 0 atom stereocenters. The van der Waals surface area contributed by atoms with Gasteiger partial charge in [0.25, 0.3) is 0 Å². The lowest BCUT2D eigenvalue weighted by atomic mass is 10.4. The highest BCUT2D eigenvalue weighted by molar-refractivity contribution is 7.97. The Labute approximate surface area is 93.4 Å². The molecule has 2 N–H and O–H groups in total. The van der Waals surface area contributed by atoms with E-state index < -0.39 is 0 Å². The van der Waals surface area contributed by atoms with Crippen molar-refractivity contribution in [3.63, 3.8) is 0 Å². The van der Waals surface area contributed by atoms with Gasteiger partial charge in [-0.3, -0.25) is 4.31 Å². The van der Waals surface area contributed by atoms with Gasteiger partial charge in [0, 0.05) is 18.5 Å². The van der Waals surface area contributed by atoms with Crippen LogP contribution in [-0.2, 0) is 0 Å². The Morgan fingerprint density at radius 2 is 2.13 bits per heavy atom. The Morgan fingerprint density at radius 1 is 1.47 bits per heavy atom. The maximum absolute atomic E-state index is 11.4. The molecule has 0 unspecified atom stereocenters. The second-order valence-corrected chi connectivity index (χ2v) is 4.06. The molecule has 0 saturated heterocycles. The van der Waals surface area contributed by atoms with Crippen LogP contribution in [-0.4, -0.2) is 35.6 Å². The SMILES string of the molecule is CN(Sc1ccccc1)C(=O)NCCO. The van der Waals surface area contributed by atoms with E-state index in [2.05, 4.69) is 5.32 Å². The van der Waals surface area contributed by atoms with Crippen LogP contribution >= 0.6 is 11.9 Å². The molecule has 0 aliphatic carbocycles. The molecule has 15 heavy (non-hydrogen) atoms. The lowest BCUT2D eigenvalue weighted by Gasteiger charge is -2.15. The number of carbonyl (C=O) groups is 1. The number of hydrogen-bond donors (Lipinski definition) is 2. The molecule has 0 heterocycles. The molecule has 0 bridgehead atoms. The molecule has 0 saturated carbocycles. The van der Waals surface area contributed by atoms with E-state index in [9.17, 15) is 4.79 Å². The monoisotopic (exact) mass is 226 g/mol. The summed E-state index contributed by atoms with van der Waals surface area (Å²) in [5.74, 6) is 0. The van der Waals surface area contributed by atoms with Gasteiger partial charge in [0.05, 0.1) is 6.61 Å². The number of nitrogens with one attached hydrogen (secondary N) is 1. The maximum atomic E-state index is 11.4. The average Bonchev–Trinajstić information content (AvgIpc) is 2.27. The Kier molecular flexibility index (Phi) is 5.00. The largest absolute Gasteiger partial charge is 0.395 e. The van der Waals surface area contributed by atoms with Crippen LogP contribution in [0.3, 0.4) is 0 Å². The minimum absolute atomic E-state index is 0.0460. The zero-order valence-corrected chi connectivity index (χ0v) is 9.33. The fourth-order valence-corrected chi connectivity index (χ4v) is 1.70. The van der Waals surface area contributed by atoms with Crippen molar-refractivity contribution < 1.29 is 9.90 Å². The minimum Gasteiger partial charge on any atom is -0.395 e. The van der Waals surface area contributed by atoms with Gasteiger partial charge in [-0.1, -0.05) is 18.2 Å². The third kappa shape index (κ3) is 4.22. The van der Waals surface area contributed by atoms with Crippen molar-refractivity contribution in [3.05, 3.63) is 30.3 Å². The lowest BCUT2D eigenvalue weighted by molar-refractivity contribution is 0.224. The van der Waals surface area contributed by atoms with Crippen LogP contribution in [0.15, 0.2) is 35.2 Å². The Hall–Kier alpha value is -1.20. The van der Waals surface area contributed by atoms with Crippen molar-refractivity contribution >= 4 is 18.0 Å². The lowest BCUT2D eigenvalue weighted by Crippen LogP contribution is -2.34. The highest BCUT2D eigenvalue weighted by Crippen LogP contribution is 2.19. The summed E-state index contributed by atoms with van der Waals surface area (Å²) in [6.45, 7) is 0.230.